The molecule has 0 heterocycles. The smallest absolute Gasteiger partial charge is 0.0757 e. The molecule has 4 aliphatic carbocycles. The Labute approximate surface area is 192 Å². The van der Waals surface area contributed by atoms with Crippen molar-refractivity contribution < 1.29 is 10.2 Å². The van der Waals surface area contributed by atoms with Crippen molar-refractivity contribution in [2.75, 3.05) is 0 Å². The lowest BCUT2D eigenvalue weighted by Gasteiger charge is -2.59. The molecule has 1 unspecified atom stereocenters. The zero-order valence-corrected chi connectivity index (χ0v) is 21.2. The second-order valence-corrected chi connectivity index (χ2v) is 13.0. The molecule has 3 saturated carbocycles. The molecule has 2 heteroatoms. The van der Waals surface area contributed by atoms with Crippen molar-refractivity contribution in [2.24, 2.45) is 52.3 Å². The maximum absolute atomic E-state index is 11.3. The van der Waals surface area contributed by atoms with Gasteiger partial charge in [0.15, 0.2) is 0 Å². The second kappa shape index (κ2) is 8.79. The minimum Gasteiger partial charge on any atom is -0.393 e. The maximum atomic E-state index is 11.3. The van der Waals surface area contributed by atoms with Crippen LogP contribution in [0.25, 0.3) is 0 Å². The molecule has 4 aliphatic rings. The van der Waals surface area contributed by atoms with Gasteiger partial charge in [-0.1, -0.05) is 66.0 Å². The van der Waals surface area contributed by atoms with Gasteiger partial charge >= 0.3 is 0 Å². The molecule has 0 aromatic carbocycles. The predicted molar refractivity (Wildman–Crippen MR) is 130 cm³/mol. The van der Waals surface area contributed by atoms with Crippen LogP contribution in [-0.2, 0) is 0 Å². The summed E-state index contributed by atoms with van der Waals surface area (Å²) in [5.74, 6) is 4.99. The van der Waals surface area contributed by atoms with E-state index in [1.165, 1.54) is 50.5 Å². The van der Waals surface area contributed by atoms with Gasteiger partial charge in [-0.25, -0.2) is 0 Å². The van der Waals surface area contributed by atoms with Crippen LogP contribution in [0.5, 0.6) is 0 Å². The SMILES string of the molecule is CC[C@H](CC[C@@H](C)[C@H]1CC[C@H]2[C@@H]3C(O)C=C4C[C@@H](O)CC[C@]4(C)[C@H]3CC[C@]12C)C(C)C. The lowest BCUT2D eigenvalue weighted by molar-refractivity contribution is -0.0972. The number of aliphatic hydroxyl groups excluding tert-OH is 2. The van der Waals surface area contributed by atoms with Crippen LogP contribution in [0.4, 0.5) is 0 Å². The van der Waals surface area contributed by atoms with Gasteiger partial charge in [0.05, 0.1) is 12.2 Å². The van der Waals surface area contributed by atoms with Crippen LogP contribution in [0, 0.1) is 52.3 Å². The lowest BCUT2D eigenvalue weighted by Crippen LogP contribution is -2.54. The summed E-state index contributed by atoms with van der Waals surface area (Å²) in [6.45, 7) is 14.7. The highest BCUT2D eigenvalue weighted by atomic mass is 16.3. The molecular formula is C29H50O2. The third-order valence-corrected chi connectivity index (χ3v) is 11.3. The van der Waals surface area contributed by atoms with Crippen LogP contribution in [0.2, 0.25) is 0 Å². The number of rotatable bonds is 6. The molecule has 0 aromatic rings. The Morgan fingerprint density at radius 2 is 1.71 bits per heavy atom. The van der Waals surface area contributed by atoms with Crippen LogP contribution in [-0.4, -0.2) is 22.4 Å². The second-order valence-electron chi connectivity index (χ2n) is 13.0. The van der Waals surface area contributed by atoms with E-state index in [0.29, 0.717) is 23.2 Å². The summed E-state index contributed by atoms with van der Waals surface area (Å²) in [6, 6.07) is 0. The van der Waals surface area contributed by atoms with E-state index in [1.807, 2.05) is 0 Å². The van der Waals surface area contributed by atoms with Crippen molar-refractivity contribution in [2.45, 2.75) is 118 Å². The van der Waals surface area contributed by atoms with Crippen molar-refractivity contribution in [3.63, 3.8) is 0 Å². The molecule has 0 spiro atoms. The summed E-state index contributed by atoms with van der Waals surface area (Å²) >= 11 is 0. The van der Waals surface area contributed by atoms with E-state index in [1.54, 1.807) is 0 Å². The zero-order chi connectivity index (χ0) is 22.6. The van der Waals surface area contributed by atoms with Gasteiger partial charge in [-0.3, -0.25) is 0 Å². The van der Waals surface area contributed by atoms with Gasteiger partial charge in [0.1, 0.15) is 0 Å². The molecule has 2 nitrogen and oxygen atoms in total. The summed E-state index contributed by atoms with van der Waals surface area (Å²) in [4.78, 5) is 0. The van der Waals surface area contributed by atoms with Crippen LogP contribution in [0.1, 0.15) is 106 Å². The first-order valence-electron chi connectivity index (χ1n) is 13.7. The van der Waals surface area contributed by atoms with Crippen molar-refractivity contribution in [1.29, 1.82) is 0 Å². The first-order chi connectivity index (χ1) is 14.6. The van der Waals surface area contributed by atoms with E-state index in [4.69, 9.17) is 0 Å². The van der Waals surface area contributed by atoms with E-state index in [-0.39, 0.29) is 17.6 Å². The van der Waals surface area contributed by atoms with Gasteiger partial charge in [-0.2, -0.15) is 0 Å². The molecule has 0 aliphatic heterocycles. The third kappa shape index (κ3) is 3.96. The summed E-state index contributed by atoms with van der Waals surface area (Å²) in [6.07, 6.45) is 13.9. The molecule has 0 aromatic heterocycles. The fraction of sp³-hybridized carbons (Fsp3) is 0.931. The third-order valence-electron chi connectivity index (χ3n) is 11.3. The first kappa shape index (κ1) is 23.8. The highest BCUT2D eigenvalue weighted by Gasteiger charge is 2.61. The van der Waals surface area contributed by atoms with Gasteiger partial charge in [-0.05, 0) is 104 Å². The number of fused-ring (bicyclic) bond motifs is 5. The summed E-state index contributed by atoms with van der Waals surface area (Å²) in [5.41, 5.74) is 1.97. The summed E-state index contributed by atoms with van der Waals surface area (Å²) < 4.78 is 0. The van der Waals surface area contributed by atoms with E-state index >= 15 is 0 Å². The first-order valence-corrected chi connectivity index (χ1v) is 13.7. The standard InChI is InChI=1S/C29H50O2/c1-7-20(18(2)3)9-8-19(4)23-10-11-24-27-25(13-15-29(23,24)6)28(5)14-12-22(30)16-21(28)17-26(27)31/h17-20,22-27,30-31H,7-16H2,1-6H3/t19-,20-,22+,23-,24+,25+,26?,27+,28+,29-/m1/s1. The Bertz CT molecular complexity index is 668. The Balaban J connectivity index is 1.52. The van der Waals surface area contributed by atoms with Crippen molar-refractivity contribution >= 4 is 0 Å². The fourth-order valence-corrected chi connectivity index (χ4v) is 9.29. The maximum Gasteiger partial charge on any atom is 0.0757 e. The molecule has 0 radical (unpaired) electrons. The molecule has 0 amide bonds. The molecule has 2 N–H and O–H groups in total. The molecule has 0 saturated heterocycles. The monoisotopic (exact) mass is 430 g/mol. The average molecular weight is 431 g/mol. The normalized spacial score (nSPS) is 46.7. The van der Waals surface area contributed by atoms with Crippen molar-refractivity contribution in [3.8, 4) is 0 Å². The molecule has 3 fully saturated rings. The van der Waals surface area contributed by atoms with E-state index in [2.05, 4.69) is 47.6 Å². The fourth-order valence-electron chi connectivity index (χ4n) is 9.29. The van der Waals surface area contributed by atoms with Crippen molar-refractivity contribution in [3.05, 3.63) is 11.6 Å². The molecular weight excluding hydrogens is 380 g/mol. The Morgan fingerprint density at radius 1 is 0.968 bits per heavy atom. The molecule has 31 heavy (non-hydrogen) atoms. The van der Waals surface area contributed by atoms with Gasteiger partial charge < -0.3 is 10.2 Å². The Hall–Kier alpha value is -0.340. The topological polar surface area (TPSA) is 40.5 Å². The summed E-state index contributed by atoms with van der Waals surface area (Å²) in [5, 5.41) is 21.6. The quantitative estimate of drug-likeness (QED) is 0.446. The molecule has 10 atom stereocenters. The Morgan fingerprint density at radius 3 is 2.39 bits per heavy atom. The van der Waals surface area contributed by atoms with Crippen LogP contribution >= 0.6 is 0 Å². The van der Waals surface area contributed by atoms with E-state index in [0.717, 1.165) is 42.9 Å². The van der Waals surface area contributed by atoms with E-state index in [9.17, 15) is 10.2 Å². The number of hydrogen-bond acceptors (Lipinski definition) is 2. The average Bonchev–Trinajstić information content (AvgIpc) is 3.06. The highest BCUT2D eigenvalue weighted by molar-refractivity contribution is 5.27. The van der Waals surface area contributed by atoms with E-state index < -0.39 is 0 Å². The van der Waals surface area contributed by atoms with Crippen LogP contribution in [0.3, 0.4) is 0 Å². The van der Waals surface area contributed by atoms with Crippen LogP contribution < -0.4 is 0 Å². The predicted octanol–water partition coefficient (Wildman–Crippen LogP) is 7.00. The summed E-state index contributed by atoms with van der Waals surface area (Å²) in [7, 11) is 0. The van der Waals surface area contributed by atoms with Crippen molar-refractivity contribution in [1.82, 2.24) is 0 Å². The molecule has 4 rings (SSSR count). The van der Waals surface area contributed by atoms with Gasteiger partial charge in [0.2, 0.25) is 0 Å². The molecule has 0 bridgehead atoms. The van der Waals surface area contributed by atoms with Gasteiger partial charge in [0, 0.05) is 0 Å². The zero-order valence-electron chi connectivity index (χ0n) is 21.2. The number of aliphatic hydroxyl groups is 2. The van der Waals surface area contributed by atoms with Gasteiger partial charge in [0.25, 0.3) is 0 Å². The van der Waals surface area contributed by atoms with Gasteiger partial charge in [-0.15, -0.1) is 0 Å². The minimum absolute atomic E-state index is 0.202. The highest BCUT2D eigenvalue weighted by Crippen LogP contribution is 2.67. The van der Waals surface area contributed by atoms with Crippen LogP contribution in [0.15, 0.2) is 11.6 Å². The Kier molecular flexibility index (Phi) is 6.75. The minimum atomic E-state index is -0.303. The number of hydrogen-bond donors (Lipinski definition) is 2. The largest absolute Gasteiger partial charge is 0.393 e. The lowest BCUT2D eigenvalue weighted by atomic mass is 9.46. The molecule has 178 valence electrons.